The van der Waals surface area contributed by atoms with Gasteiger partial charge < -0.3 is 20.5 Å². The quantitative estimate of drug-likeness (QED) is 0.814. The first-order valence-corrected chi connectivity index (χ1v) is 7.50. The lowest BCUT2D eigenvalue weighted by molar-refractivity contribution is -0.0159. The number of benzene rings is 1. The Morgan fingerprint density at radius 2 is 2.18 bits per heavy atom. The number of ether oxygens (including phenoxy) is 1. The van der Waals surface area contributed by atoms with Gasteiger partial charge in [0.25, 0.3) is 5.91 Å². The van der Waals surface area contributed by atoms with Gasteiger partial charge >= 0.3 is 0 Å². The van der Waals surface area contributed by atoms with E-state index in [9.17, 15) is 14.3 Å². The van der Waals surface area contributed by atoms with Crippen LogP contribution in [-0.2, 0) is 6.54 Å². The van der Waals surface area contributed by atoms with Crippen molar-refractivity contribution >= 4 is 11.6 Å². The molecule has 2 aliphatic rings. The van der Waals surface area contributed by atoms with Crippen molar-refractivity contribution in [1.29, 1.82) is 0 Å². The first kappa shape index (κ1) is 15.1. The number of hydrogen-bond donors (Lipinski definition) is 2. The van der Waals surface area contributed by atoms with Gasteiger partial charge in [-0.3, -0.25) is 4.79 Å². The van der Waals surface area contributed by atoms with E-state index in [-0.39, 0.29) is 18.6 Å². The molecule has 5 nitrogen and oxygen atoms in total. The topological polar surface area (TPSA) is 75.8 Å². The summed E-state index contributed by atoms with van der Waals surface area (Å²) in [5.41, 5.74) is 6.26. The smallest absolute Gasteiger partial charge is 0.254 e. The molecule has 0 saturated heterocycles. The minimum Gasteiger partial charge on any atom is -0.488 e. The highest BCUT2D eigenvalue weighted by atomic mass is 19.1. The molecule has 0 unspecified atom stereocenters. The number of nitrogen functional groups attached to an aromatic ring is 1. The molecule has 0 radical (unpaired) electrons. The minimum absolute atomic E-state index is 0.143. The number of halogens is 1. The number of anilines is 1. The standard InChI is InChI=1S/C16H21FN2O3/c1-16(2,21)14(17)8-19-7-9-5-12(18)13(22-10-3-4-10)6-11(9)15(19)20/h5-6,10,14,21H,3-4,7-8,18H2,1-2H3/t14-/m0/s1. The zero-order valence-corrected chi connectivity index (χ0v) is 12.8. The van der Waals surface area contributed by atoms with Crippen molar-refractivity contribution < 1.29 is 19.0 Å². The summed E-state index contributed by atoms with van der Waals surface area (Å²) in [6.45, 7) is 2.95. The average Bonchev–Trinajstić information content (AvgIpc) is 3.18. The molecular formula is C16H21FN2O3. The largest absolute Gasteiger partial charge is 0.488 e. The number of carbonyl (C=O) groups excluding carboxylic acids is 1. The molecule has 1 aromatic rings. The van der Waals surface area contributed by atoms with Crippen molar-refractivity contribution in [3.05, 3.63) is 23.3 Å². The van der Waals surface area contributed by atoms with Crippen molar-refractivity contribution in [2.45, 2.75) is 51.1 Å². The number of nitrogens with two attached hydrogens (primary N) is 1. The molecule has 6 heteroatoms. The van der Waals surface area contributed by atoms with Crippen molar-refractivity contribution in [3.63, 3.8) is 0 Å². The van der Waals surface area contributed by atoms with E-state index < -0.39 is 11.8 Å². The molecule has 120 valence electrons. The fourth-order valence-electron chi connectivity index (χ4n) is 2.45. The number of alkyl halides is 1. The van der Waals surface area contributed by atoms with Gasteiger partial charge in [0.1, 0.15) is 11.9 Å². The number of aliphatic hydroxyl groups is 1. The lowest BCUT2D eigenvalue weighted by atomic mass is 10.0. The van der Waals surface area contributed by atoms with Crippen LogP contribution in [0.4, 0.5) is 10.1 Å². The second kappa shape index (κ2) is 5.12. The molecule has 1 aromatic carbocycles. The van der Waals surface area contributed by atoms with Gasteiger partial charge in [-0.05, 0) is 44.4 Å². The molecule has 1 saturated carbocycles. The summed E-state index contributed by atoms with van der Waals surface area (Å²) in [6, 6.07) is 3.38. The molecule has 1 fully saturated rings. The summed E-state index contributed by atoms with van der Waals surface area (Å²) < 4.78 is 19.7. The Bertz CT molecular complexity index is 608. The molecule has 1 atom stereocenters. The van der Waals surface area contributed by atoms with Crippen LogP contribution in [-0.4, -0.2) is 40.3 Å². The van der Waals surface area contributed by atoms with Crippen molar-refractivity contribution in [3.8, 4) is 5.75 Å². The van der Waals surface area contributed by atoms with E-state index in [1.807, 2.05) is 0 Å². The molecule has 0 spiro atoms. The predicted molar refractivity (Wildman–Crippen MR) is 80.4 cm³/mol. The van der Waals surface area contributed by atoms with Crippen molar-refractivity contribution in [1.82, 2.24) is 4.90 Å². The van der Waals surface area contributed by atoms with E-state index >= 15 is 0 Å². The fraction of sp³-hybridized carbons (Fsp3) is 0.562. The molecule has 3 rings (SSSR count). The molecule has 0 bridgehead atoms. The van der Waals surface area contributed by atoms with Crippen molar-refractivity contribution in [2.24, 2.45) is 0 Å². The van der Waals surface area contributed by atoms with Crippen LogP contribution in [0.5, 0.6) is 5.75 Å². The Labute approximate surface area is 128 Å². The monoisotopic (exact) mass is 308 g/mol. The Balaban J connectivity index is 1.78. The summed E-state index contributed by atoms with van der Waals surface area (Å²) in [4.78, 5) is 13.8. The Morgan fingerprint density at radius 3 is 2.77 bits per heavy atom. The van der Waals surface area contributed by atoms with Crippen LogP contribution in [0, 0.1) is 0 Å². The number of hydrogen-bond acceptors (Lipinski definition) is 4. The molecule has 1 heterocycles. The minimum atomic E-state index is -1.51. The van der Waals surface area contributed by atoms with E-state index in [0.717, 1.165) is 18.4 Å². The van der Waals surface area contributed by atoms with Gasteiger partial charge in [-0.1, -0.05) is 0 Å². The zero-order valence-electron chi connectivity index (χ0n) is 12.8. The lowest BCUT2D eigenvalue weighted by Crippen LogP contribution is -2.42. The maximum absolute atomic E-state index is 14.0. The normalized spacial score (nSPS) is 19.3. The first-order chi connectivity index (χ1) is 10.3. The van der Waals surface area contributed by atoms with Crippen LogP contribution >= 0.6 is 0 Å². The summed E-state index contributed by atoms with van der Waals surface area (Å²) >= 11 is 0. The van der Waals surface area contributed by atoms with E-state index in [1.165, 1.54) is 18.7 Å². The second-order valence-corrected chi connectivity index (χ2v) is 6.67. The van der Waals surface area contributed by atoms with Crippen LogP contribution in [0.25, 0.3) is 0 Å². The summed E-state index contributed by atoms with van der Waals surface area (Å²) in [7, 11) is 0. The Morgan fingerprint density at radius 1 is 1.50 bits per heavy atom. The summed E-state index contributed by atoms with van der Waals surface area (Å²) in [6.07, 6.45) is 0.695. The molecule has 3 N–H and O–H groups in total. The third-order valence-electron chi connectivity index (χ3n) is 4.08. The molecule has 0 aromatic heterocycles. The third kappa shape index (κ3) is 2.88. The zero-order chi connectivity index (χ0) is 16.1. The molecular weight excluding hydrogens is 287 g/mol. The van der Waals surface area contributed by atoms with Crippen molar-refractivity contribution in [2.75, 3.05) is 12.3 Å². The number of nitrogens with zero attached hydrogens (tertiary/aromatic N) is 1. The predicted octanol–water partition coefficient (Wildman–Crippen LogP) is 1.87. The molecule has 1 aliphatic heterocycles. The summed E-state index contributed by atoms with van der Waals surface area (Å²) in [5.74, 6) is 0.276. The lowest BCUT2D eigenvalue weighted by Gasteiger charge is -2.26. The van der Waals surface area contributed by atoms with E-state index in [4.69, 9.17) is 10.5 Å². The fourth-order valence-corrected chi connectivity index (χ4v) is 2.45. The van der Waals surface area contributed by atoms with Crippen LogP contribution < -0.4 is 10.5 Å². The maximum Gasteiger partial charge on any atom is 0.254 e. The van der Waals surface area contributed by atoms with Gasteiger partial charge in [-0.25, -0.2) is 4.39 Å². The number of fused-ring (bicyclic) bond motifs is 1. The van der Waals surface area contributed by atoms with Gasteiger partial charge in [0.05, 0.1) is 23.9 Å². The van der Waals surface area contributed by atoms with Crippen LogP contribution in [0.3, 0.4) is 0 Å². The van der Waals surface area contributed by atoms with E-state index in [0.29, 0.717) is 23.5 Å². The second-order valence-electron chi connectivity index (χ2n) is 6.67. The van der Waals surface area contributed by atoms with E-state index in [1.54, 1.807) is 12.1 Å². The third-order valence-corrected chi connectivity index (χ3v) is 4.08. The molecule has 1 aliphatic carbocycles. The highest BCUT2D eigenvalue weighted by molar-refractivity contribution is 5.99. The van der Waals surface area contributed by atoms with Crippen LogP contribution in [0.15, 0.2) is 12.1 Å². The number of amides is 1. The van der Waals surface area contributed by atoms with Crippen LogP contribution in [0.1, 0.15) is 42.6 Å². The van der Waals surface area contributed by atoms with Gasteiger partial charge in [0, 0.05) is 12.1 Å². The maximum atomic E-state index is 14.0. The Kier molecular flexibility index (Phi) is 3.51. The summed E-state index contributed by atoms with van der Waals surface area (Å²) in [5, 5.41) is 9.69. The Hall–Kier alpha value is -1.82. The molecule has 22 heavy (non-hydrogen) atoms. The van der Waals surface area contributed by atoms with Gasteiger partial charge in [0.15, 0.2) is 0 Å². The highest BCUT2D eigenvalue weighted by Crippen LogP contribution is 2.36. The number of carbonyl (C=O) groups is 1. The van der Waals surface area contributed by atoms with Gasteiger partial charge in [0.2, 0.25) is 0 Å². The van der Waals surface area contributed by atoms with Crippen LogP contribution in [0.2, 0.25) is 0 Å². The van der Waals surface area contributed by atoms with E-state index in [2.05, 4.69) is 0 Å². The average molecular weight is 308 g/mol. The SMILES string of the molecule is CC(C)(O)[C@@H](F)CN1Cc2cc(N)c(OC3CC3)cc2C1=O. The van der Waals surface area contributed by atoms with Gasteiger partial charge in [-0.15, -0.1) is 0 Å². The highest BCUT2D eigenvalue weighted by Gasteiger charge is 2.35. The number of rotatable bonds is 5. The van der Waals surface area contributed by atoms with Gasteiger partial charge in [-0.2, -0.15) is 0 Å². The first-order valence-electron chi connectivity index (χ1n) is 7.50. The molecule has 1 amide bonds.